The molecule has 30 heavy (non-hydrogen) atoms. The summed E-state index contributed by atoms with van der Waals surface area (Å²) in [5, 5.41) is 14.9. The summed E-state index contributed by atoms with van der Waals surface area (Å²) in [5.41, 5.74) is 1.82. The molecule has 1 unspecified atom stereocenters. The molecular formula is C24H20N2O4. The van der Waals surface area contributed by atoms with E-state index in [-0.39, 0.29) is 18.4 Å². The van der Waals surface area contributed by atoms with Crippen LogP contribution >= 0.6 is 0 Å². The number of nitrogens with zero attached hydrogens (tertiary/aromatic N) is 1. The second-order valence-corrected chi connectivity index (χ2v) is 7.43. The van der Waals surface area contributed by atoms with Gasteiger partial charge >= 0.3 is 0 Å². The van der Waals surface area contributed by atoms with E-state index in [1.165, 1.54) is 4.90 Å². The molecule has 2 amide bonds. The van der Waals surface area contributed by atoms with Gasteiger partial charge in [-0.15, -0.1) is 0 Å². The van der Waals surface area contributed by atoms with Crippen molar-refractivity contribution in [3.05, 3.63) is 89.0 Å². The van der Waals surface area contributed by atoms with E-state index in [1.807, 2.05) is 31.2 Å². The van der Waals surface area contributed by atoms with Crippen LogP contribution in [0.4, 0.5) is 11.4 Å². The highest BCUT2D eigenvalue weighted by Gasteiger charge is 2.51. The third kappa shape index (κ3) is 2.61. The van der Waals surface area contributed by atoms with Crippen molar-refractivity contribution in [2.45, 2.75) is 19.1 Å². The molecule has 5 rings (SSSR count). The number of carbonyl (C=O) groups excluding carboxylic acids is 2. The molecular weight excluding hydrogens is 380 g/mol. The number of fused-ring (bicyclic) bond motifs is 2. The fraction of sp³-hybridized carbons (Fsp3) is 0.167. The fourth-order valence-corrected chi connectivity index (χ4v) is 4.17. The summed E-state index contributed by atoms with van der Waals surface area (Å²) in [6.07, 6.45) is 0.809. The van der Waals surface area contributed by atoms with E-state index in [9.17, 15) is 14.7 Å². The van der Waals surface area contributed by atoms with Gasteiger partial charge in [0.15, 0.2) is 12.3 Å². The summed E-state index contributed by atoms with van der Waals surface area (Å²) in [7, 11) is 0. The number of nitrogens with one attached hydrogen (secondary N) is 1. The Balaban J connectivity index is 1.72. The predicted molar refractivity (Wildman–Crippen MR) is 113 cm³/mol. The largest absolute Gasteiger partial charge is 0.482 e. The van der Waals surface area contributed by atoms with Gasteiger partial charge in [-0.05, 0) is 48.4 Å². The summed E-state index contributed by atoms with van der Waals surface area (Å²) in [6, 6.07) is 19.7. The Kier molecular flexibility index (Phi) is 4.11. The van der Waals surface area contributed by atoms with E-state index in [0.717, 1.165) is 12.0 Å². The minimum atomic E-state index is -1.72. The molecule has 150 valence electrons. The zero-order chi connectivity index (χ0) is 20.9. The molecule has 0 saturated carbocycles. The first-order chi connectivity index (χ1) is 14.5. The zero-order valence-corrected chi connectivity index (χ0v) is 16.4. The first kappa shape index (κ1) is 18.4. The topological polar surface area (TPSA) is 78.9 Å². The van der Waals surface area contributed by atoms with E-state index >= 15 is 0 Å². The van der Waals surface area contributed by atoms with Crippen LogP contribution in [-0.2, 0) is 16.9 Å². The van der Waals surface area contributed by atoms with Crippen molar-refractivity contribution in [1.82, 2.24) is 0 Å². The Labute approximate surface area is 173 Å². The van der Waals surface area contributed by atoms with Gasteiger partial charge in [0.1, 0.15) is 5.75 Å². The van der Waals surface area contributed by atoms with Gasteiger partial charge in [0.25, 0.3) is 11.8 Å². The molecule has 2 heterocycles. The second-order valence-electron chi connectivity index (χ2n) is 7.43. The van der Waals surface area contributed by atoms with Crippen molar-refractivity contribution in [2.75, 3.05) is 16.8 Å². The maximum Gasteiger partial charge on any atom is 0.262 e. The SMILES string of the molecule is CCc1cccc(N2C(=O)c3ccccc3C2(O)c2ccc3c(c2)NC(=O)CO3)c1. The van der Waals surface area contributed by atoms with E-state index in [2.05, 4.69) is 5.32 Å². The van der Waals surface area contributed by atoms with Crippen molar-refractivity contribution < 1.29 is 19.4 Å². The normalized spacial score (nSPS) is 19.7. The summed E-state index contributed by atoms with van der Waals surface area (Å²) in [6.45, 7) is 1.99. The van der Waals surface area contributed by atoms with Crippen LogP contribution in [0, 0.1) is 0 Å². The van der Waals surface area contributed by atoms with Gasteiger partial charge in [-0.1, -0.05) is 37.3 Å². The lowest BCUT2D eigenvalue weighted by atomic mass is 9.92. The molecule has 2 aliphatic heterocycles. The summed E-state index contributed by atoms with van der Waals surface area (Å²) >= 11 is 0. The van der Waals surface area contributed by atoms with Crippen molar-refractivity contribution in [1.29, 1.82) is 0 Å². The third-order valence-electron chi connectivity index (χ3n) is 5.65. The van der Waals surface area contributed by atoms with Crippen LogP contribution in [0.2, 0.25) is 0 Å². The van der Waals surface area contributed by atoms with Crippen molar-refractivity contribution in [2.24, 2.45) is 0 Å². The van der Waals surface area contributed by atoms with Gasteiger partial charge in [0.05, 0.1) is 5.69 Å². The quantitative estimate of drug-likeness (QED) is 0.706. The number of aliphatic hydroxyl groups is 1. The minimum Gasteiger partial charge on any atom is -0.482 e. The maximum atomic E-state index is 13.4. The highest BCUT2D eigenvalue weighted by molar-refractivity contribution is 6.12. The Bertz CT molecular complexity index is 1190. The number of ether oxygens (including phenoxy) is 1. The van der Waals surface area contributed by atoms with Gasteiger partial charge in [-0.2, -0.15) is 0 Å². The highest BCUT2D eigenvalue weighted by atomic mass is 16.5. The number of aryl methyl sites for hydroxylation is 1. The van der Waals surface area contributed by atoms with Gasteiger partial charge < -0.3 is 15.2 Å². The average Bonchev–Trinajstić information content (AvgIpc) is 3.01. The van der Waals surface area contributed by atoms with E-state index in [4.69, 9.17) is 4.74 Å². The summed E-state index contributed by atoms with van der Waals surface area (Å²) in [4.78, 5) is 26.6. The van der Waals surface area contributed by atoms with Gasteiger partial charge in [-0.3, -0.25) is 14.5 Å². The number of hydrogen-bond acceptors (Lipinski definition) is 4. The molecule has 3 aromatic carbocycles. The van der Waals surface area contributed by atoms with Crippen LogP contribution in [-0.4, -0.2) is 23.5 Å². The Morgan fingerprint density at radius 3 is 2.73 bits per heavy atom. The van der Waals surface area contributed by atoms with Crippen molar-refractivity contribution >= 4 is 23.2 Å². The predicted octanol–water partition coefficient (Wildman–Crippen LogP) is 3.43. The third-order valence-corrected chi connectivity index (χ3v) is 5.65. The molecule has 0 saturated heterocycles. The highest BCUT2D eigenvalue weighted by Crippen LogP contribution is 2.46. The van der Waals surface area contributed by atoms with Gasteiger partial charge in [0.2, 0.25) is 0 Å². The van der Waals surface area contributed by atoms with Crippen molar-refractivity contribution in [3.63, 3.8) is 0 Å². The average molecular weight is 400 g/mol. The number of rotatable bonds is 3. The molecule has 0 fully saturated rings. The number of benzene rings is 3. The summed E-state index contributed by atoms with van der Waals surface area (Å²) < 4.78 is 5.44. The summed E-state index contributed by atoms with van der Waals surface area (Å²) in [5.74, 6) is -0.0134. The molecule has 0 bridgehead atoms. The Morgan fingerprint density at radius 2 is 1.90 bits per heavy atom. The van der Waals surface area contributed by atoms with Crippen LogP contribution in [0.15, 0.2) is 66.7 Å². The Hall–Kier alpha value is -3.64. The fourth-order valence-electron chi connectivity index (χ4n) is 4.17. The van der Waals surface area contributed by atoms with E-state index in [0.29, 0.717) is 33.8 Å². The van der Waals surface area contributed by atoms with E-state index in [1.54, 1.807) is 42.5 Å². The van der Waals surface area contributed by atoms with Crippen LogP contribution < -0.4 is 15.0 Å². The smallest absolute Gasteiger partial charge is 0.262 e. The van der Waals surface area contributed by atoms with Gasteiger partial charge in [-0.25, -0.2) is 0 Å². The number of anilines is 2. The zero-order valence-electron chi connectivity index (χ0n) is 16.4. The first-order valence-electron chi connectivity index (χ1n) is 9.85. The first-order valence-corrected chi connectivity index (χ1v) is 9.85. The molecule has 0 spiro atoms. The monoisotopic (exact) mass is 400 g/mol. The standard InChI is InChI=1S/C24H20N2O4/c1-2-15-6-5-7-17(12-15)26-23(28)18-8-3-4-9-19(18)24(26,29)16-10-11-21-20(13-16)25-22(27)14-30-21/h3-13,29H,2,14H2,1H3,(H,25,27). The molecule has 1 atom stereocenters. The molecule has 6 nitrogen and oxygen atoms in total. The second kappa shape index (κ2) is 6.71. The lowest BCUT2D eigenvalue weighted by Crippen LogP contribution is -2.45. The number of carbonyl (C=O) groups is 2. The molecule has 0 radical (unpaired) electrons. The van der Waals surface area contributed by atoms with Gasteiger partial charge in [0, 0.05) is 22.4 Å². The molecule has 2 N–H and O–H groups in total. The lowest BCUT2D eigenvalue weighted by Gasteiger charge is -2.35. The molecule has 3 aromatic rings. The number of amides is 2. The molecule has 0 aliphatic carbocycles. The lowest BCUT2D eigenvalue weighted by molar-refractivity contribution is -0.118. The molecule has 6 heteroatoms. The maximum absolute atomic E-state index is 13.4. The van der Waals surface area contributed by atoms with Crippen molar-refractivity contribution in [3.8, 4) is 5.75 Å². The Morgan fingerprint density at radius 1 is 1.07 bits per heavy atom. The van der Waals surface area contributed by atoms with Crippen LogP contribution in [0.25, 0.3) is 0 Å². The van der Waals surface area contributed by atoms with Crippen LogP contribution in [0.1, 0.15) is 34.0 Å². The number of hydrogen-bond donors (Lipinski definition) is 2. The molecule has 2 aliphatic rings. The molecule has 0 aromatic heterocycles. The van der Waals surface area contributed by atoms with E-state index < -0.39 is 5.72 Å². The van der Waals surface area contributed by atoms with Crippen LogP contribution in [0.3, 0.4) is 0 Å². The van der Waals surface area contributed by atoms with Crippen LogP contribution in [0.5, 0.6) is 5.75 Å². The minimum absolute atomic E-state index is 0.0477.